The van der Waals surface area contributed by atoms with Gasteiger partial charge in [-0.1, -0.05) is 40.6 Å². The normalized spacial score (nSPS) is 11.2. The minimum absolute atomic E-state index is 0.509. The second-order valence-electron chi connectivity index (χ2n) is 4.64. The van der Waals surface area contributed by atoms with Crippen LogP contribution in [0.5, 0.6) is 0 Å². The lowest BCUT2D eigenvalue weighted by Gasteiger charge is -2.01. The highest BCUT2D eigenvalue weighted by Crippen LogP contribution is 2.37. The molecule has 0 aliphatic heterocycles. The minimum atomic E-state index is 0.509. The molecule has 0 saturated carbocycles. The van der Waals surface area contributed by atoms with Gasteiger partial charge in [0.15, 0.2) is 0 Å². The number of hydrogen-bond donors (Lipinski definition) is 0. The van der Waals surface area contributed by atoms with Gasteiger partial charge in [-0.05, 0) is 57.8 Å². The topological polar surface area (TPSA) is 30.7 Å². The van der Waals surface area contributed by atoms with Crippen LogP contribution in [0.1, 0.15) is 11.4 Å². The molecular formula is C14H9Br2Cl2N3S. The maximum Gasteiger partial charge on any atom is 0.212 e. The van der Waals surface area contributed by atoms with Crippen molar-refractivity contribution in [3.05, 3.63) is 47.9 Å². The molecule has 3 nitrogen and oxygen atoms in total. The largest absolute Gasteiger partial charge is 0.217 e. The number of nitrogens with zero attached hydrogens (tertiary/aromatic N) is 3. The second-order valence-corrected chi connectivity index (χ2v) is 8.55. The van der Waals surface area contributed by atoms with Crippen LogP contribution in [0.3, 0.4) is 0 Å². The van der Waals surface area contributed by atoms with Gasteiger partial charge in [0, 0.05) is 5.56 Å². The molecule has 1 aromatic carbocycles. The molecule has 114 valence electrons. The molecule has 0 spiro atoms. The second kappa shape index (κ2) is 6.24. The molecule has 8 heteroatoms. The maximum atomic E-state index is 6.09. The van der Waals surface area contributed by atoms with Gasteiger partial charge in [-0.2, -0.15) is 5.10 Å². The molecule has 0 radical (unpaired) electrons. The fraction of sp³-hybridized carbons (Fsp3) is 0.143. The van der Waals surface area contributed by atoms with Crippen molar-refractivity contribution in [3.8, 4) is 16.4 Å². The number of halogens is 4. The monoisotopic (exact) mass is 479 g/mol. The zero-order valence-corrected chi connectivity index (χ0v) is 17.0. The van der Waals surface area contributed by atoms with Gasteiger partial charge in [0.25, 0.3) is 0 Å². The van der Waals surface area contributed by atoms with E-state index in [4.69, 9.17) is 23.2 Å². The molecule has 0 bridgehead atoms. The highest BCUT2D eigenvalue weighted by Gasteiger charge is 2.17. The van der Waals surface area contributed by atoms with Crippen LogP contribution in [0, 0.1) is 13.8 Å². The van der Waals surface area contributed by atoms with Crippen molar-refractivity contribution >= 4 is 66.4 Å². The fourth-order valence-corrected chi connectivity index (χ4v) is 4.13. The standard InChI is InChI=1S/C14H9Br2Cl2N3S/c1-6-11(15)7(2)21(20-6)14-19-12(13(16)22-14)8-3-4-9(17)10(18)5-8/h3-5H,1-2H3. The molecule has 0 saturated heterocycles. The Kier molecular flexibility index (Phi) is 4.67. The molecule has 3 aromatic rings. The number of rotatable bonds is 2. The molecule has 0 aliphatic rings. The first-order chi connectivity index (χ1) is 10.4. The lowest BCUT2D eigenvalue weighted by Crippen LogP contribution is -1.98. The summed E-state index contributed by atoms with van der Waals surface area (Å²) in [5.41, 5.74) is 3.67. The number of aromatic nitrogens is 3. The van der Waals surface area contributed by atoms with E-state index in [9.17, 15) is 0 Å². The average molecular weight is 482 g/mol. The van der Waals surface area contributed by atoms with E-state index in [2.05, 4.69) is 41.9 Å². The Morgan fingerprint density at radius 2 is 1.86 bits per heavy atom. The van der Waals surface area contributed by atoms with Gasteiger partial charge >= 0.3 is 0 Å². The van der Waals surface area contributed by atoms with Crippen molar-refractivity contribution in [2.75, 3.05) is 0 Å². The summed E-state index contributed by atoms with van der Waals surface area (Å²) in [5, 5.41) is 6.34. The Balaban J connectivity index is 2.11. The third kappa shape index (κ3) is 2.87. The highest BCUT2D eigenvalue weighted by molar-refractivity contribution is 9.11. The molecule has 0 N–H and O–H groups in total. The van der Waals surface area contributed by atoms with Gasteiger partial charge in [-0.15, -0.1) is 0 Å². The number of thiazole rings is 1. The smallest absolute Gasteiger partial charge is 0.212 e. The number of hydrogen-bond acceptors (Lipinski definition) is 3. The molecule has 2 aromatic heterocycles. The molecule has 3 rings (SSSR count). The quantitative estimate of drug-likeness (QED) is 0.421. The van der Waals surface area contributed by atoms with Crippen LogP contribution >= 0.6 is 66.4 Å². The Hall–Kier alpha value is -0.400. The molecule has 2 heterocycles. The van der Waals surface area contributed by atoms with Crippen LogP contribution in [-0.4, -0.2) is 14.8 Å². The van der Waals surface area contributed by atoms with Crippen LogP contribution in [0.2, 0.25) is 10.0 Å². The number of benzene rings is 1. The van der Waals surface area contributed by atoms with Gasteiger partial charge in [-0.3, -0.25) is 0 Å². The van der Waals surface area contributed by atoms with Gasteiger partial charge in [0.05, 0.1) is 35.4 Å². The van der Waals surface area contributed by atoms with E-state index in [1.54, 1.807) is 6.07 Å². The summed E-state index contributed by atoms with van der Waals surface area (Å²) in [5.74, 6) is 0. The van der Waals surface area contributed by atoms with E-state index in [1.807, 2.05) is 30.7 Å². The average Bonchev–Trinajstić information content (AvgIpc) is 2.98. The Bertz CT molecular complexity index is 873. The summed E-state index contributed by atoms with van der Waals surface area (Å²) in [6.07, 6.45) is 0. The van der Waals surface area contributed by atoms with Gasteiger partial charge in [0.1, 0.15) is 0 Å². The van der Waals surface area contributed by atoms with Crippen LogP contribution in [0.15, 0.2) is 26.5 Å². The first-order valence-corrected chi connectivity index (χ1v) is 9.38. The predicted molar refractivity (Wildman–Crippen MR) is 99.6 cm³/mol. The fourth-order valence-electron chi connectivity index (χ4n) is 2.01. The molecule has 0 atom stereocenters. The Morgan fingerprint density at radius 1 is 1.14 bits per heavy atom. The summed E-state index contributed by atoms with van der Waals surface area (Å²) < 4.78 is 3.75. The van der Waals surface area contributed by atoms with E-state index >= 15 is 0 Å². The maximum absolute atomic E-state index is 6.09. The van der Waals surface area contributed by atoms with Crippen LogP contribution < -0.4 is 0 Å². The van der Waals surface area contributed by atoms with E-state index < -0.39 is 0 Å². The minimum Gasteiger partial charge on any atom is -0.217 e. The highest BCUT2D eigenvalue weighted by atomic mass is 79.9. The first-order valence-electron chi connectivity index (χ1n) is 6.22. The third-order valence-corrected chi connectivity index (χ3v) is 6.72. The van der Waals surface area contributed by atoms with Crippen LogP contribution in [0.25, 0.3) is 16.4 Å². The molecule has 0 fully saturated rings. The predicted octanol–water partition coefficient (Wildman–Crippen LogP) is 6.44. The van der Waals surface area contributed by atoms with Gasteiger partial charge < -0.3 is 0 Å². The van der Waals surface area contributed by atoms with Crippen molar-refractivity contribution in [1.29, 1.82) is 0 Å². The molecule has 0 unspecified atom stereocenters. The van der Waals surface area contributed by atoms with Gasteiger partial charge in [-0.25, -0.2) is 9.67 Å². The zero-order valence-electron chi connectivity index (χ0n) is 11.5. The van der Waals surface area contributed by atoms with Crippen molar-refractivity contribution < 1.29 is 0 Å². The van der Waals surface area contributed by atoms with E-state index in [-0.39, 0.29) is 0 Å². The van der Waals surface area contributed by atoms with Crippen molar-refractivity contribution in [1.82, 2.24) is 14.8 Å². The number of aryl methyl sites for hydroxylation is 1. The lowest BCUT2D eigenvalue weighted by atomic mass is 10.2. The SMILES string of the molecule is Cc1nn(-c2nc(-c3ccc(Cl)c(Cl)c3)c(Br)s2)c(C)c1Br. The van der Waals surface area contributed by atoms with E-state index in [0.29, 0.717) is 10.0 Å². The Morgan fingerprint density at radius 3 is 2.45 bits per heavy atom. The first kappa shape index (κ1) is 16.5. The van der Waals surface area contributed by atoms with E-state index in [0.717, 1.165) is 36.0 Å². The van der Waals surface area contributed by atoms with Crippen molar-refractivity contribution in [2.45, 2.75) is 13.8 Å². The molecular weight excluding hydrogens is 473 g/mol. The molecule has 22 heavy (non-hydrogen) atoms. The summed E-state index contributed by atoms with van der Waals surface area (Å²) in [6, 6.07) is 5.48. The van der Waals surface area contributed by atoms with Crippen molar-refractivity contribution in [2.24, 2.45) is 0 Å². The van der Waals surface area contributed by atoms with Crippen molar-refractivity contribution in [3.63, 3.8) is 0 Å². The summed E-state index contributed by atoms with van der Waals surface area (Å²) >= 11 is 20.7. The molecule has 0 amide bonds. The summed E-state index contributed by atoms with van der Waals surface area (Å²) in [7, 11) is 0. The summed E-state index contributed by atoms with van der Waals surface area (Å²) in [4.78, 5) is 4.69. The van der Waals surface area contributed by atoms with E-state index in [1.165, 1.54) is 11.3 Å². The van der Waals surface area contributed by atoms with Crippen LogP contribution in [-0.2, 0) is 0 Å². The lowest BCUT2D eigenvalue weighted by molar-refractivity contribution is 0.825. The van der Waals surface area contributed by atoms with Gasteiger partial charge in [0.2, 0.25) is 5.13 Å². The summed E-state index contributed by atoms with van der Waals surface area (Å²) in [6.45, 7) is 3.95. The van der Waals surface area contributed by atoms with Crippen LogP contribution in [0.4, 0.5) is 0 Å². The Labute approximate surface area is 158 Å². The molecule has 0 aliphatic carbocycles. The third-order valence-electron chi connectivity index (χ3n) is 3.15. The zero-order chi connectivity index (χ0) is 16.0.